The highest BCUT2D eigenvalue weighted by molar-refractivity contribution is 5.71. The van der Waals surface area contributed by atoms with Crippen molar-refractivity contribution in [1.82, 2.24) is 0 Å². The molecular formula is C66H124O6. The largest absolute Gasteiger partial charge is 0.462 e. The maximum Gasteiger partial charge on any atom is 0.306 e. The zero-order valence-corrected chi connectivity index (χ0v) is 48.7. The SMILES string of the molecule is CCCCC/C=C\C/C=C\CCCCCCCCCC(=O)OC(COC(=O)CCCCCCCCC)COC(=O)CCCCCCCCCCCCCCCCCCCCCCCCCCCCCCCC. The van der Waals surface area contributed by atoms with E-state index in [9.17, 15) is 14.4 Å². The van der Waals surface area contributed by atoms with Gasteiger partial charge in [0, 0.05) is 19.3 Å². The molecule has 0 aliphatic rings. The van der Waals surface area contributed by atoms with Crippen molar-refractivity contribution < 1.29 is 28.6 Å². The van der Waals surface area contributed by atoms with Crippen LogP contribution in [-0.2, 0) is 28.6 Å². The molecule has 0 saturated heterocycles. The van der Waals surface area contributed by atoms with Gasteiger partial charge in [-0.05, 0) is 51.4 Å². The number of ether oxygens (including phenoxy) is 3. The second kappa shape index (κ2) is 61.4. The van der Waals surface area contributed by atoms with E-state index in [1.165, 1.54) is 250 Å². The summed E-state index contributed by atoms with van der Waals surface area (Å²) < 4.78 is 16.8. The highest BCUT2D eigenvalue weighted by Crippen LogP contribution is 2.18. The van der Waals surface area contributed by atoms with Crippen molar-refractivity contribution >= 4 is 17.9 Å². The van der Waals surface area contributed by atoms with Gasteiger partial charge in [0.05, 0.1) is 0 Å². The Hall–Kier alpha value is -2.11. The van der Waals surface area contributed by atoms with Crippen LogP contribution in [0.15, 0.2) is 24.3 Å². The van der Waals surface area contributed by atoms with E-state index < -0.39 is 6.10 Å². The molecule has 0 spiro atoms. The van der Waals surface area contributed by atoms with Gasteiger partial charge >= 0.3 is 17.9 Å². The number of rotatable bonds is 60. The number of allylic oxidation sites excluding steroid dienone is 4. The maximum absolute atomic E-state index is 12.8. The summed E-state index contributed by atoms with van der Waals surface area (Å²) in [6, 6.07) is 0. The molecule has 0 fully saturated rings. The Labute approximate surface area is 449 Å². The van der Waals surface area contributed by atoms with E-state index in [1.807, 2.05) is 0 Å². The lowest BCUT2D eigenvalue weighted by atomic mass is 10.0. The first-order chi connectivity index (χ1) is 35.5. The molecule has 72 heavy (non-hydrogen) atoms. The van der Waals surface area contributed by atoms with Crippen LogP contribution < -0.4 is 0 Å². The Balaban J connectivity index is 3.99. The summed E-state index contributed by atoms with van der Waals surface area (Å²) in [5.41, 5.74) is 0. The standard InChI is InChI=1S/C66H124O6/c1-4-7-10-13-16-18-20-22-24-26-27-28-29-30-31-32-33-34-35-36-37-38-40-41-43-45-47-50-53-56-59-65(68)71-62-63(61-70-64(67)58-55-52-49-15-12-9-6-3)72-66(69)60-57-54-51-48-46-44-42-39-25-23-21-19-17-14-11-8-5-2/h17,19,23,25,63H,4-16,18,20-22,24,26-62H2,1-3H3/b19-17-,25-23-. The lowest BCUT2D eigenvalue weighted by Gasteiger charge is -2.18. The molecule has 6 heteroatoms. The van der Waals surface area contributed by atoms with Gasteiger partial charge < -0.3 is 14.2 Å². The molecule has 0 saturated carbocycles. The minimum atomic E-state index is -0.770. The van der Waals surface area contributed by atoms with E-state index >= 15 is 0 Å². The number of hydrogen-bond acceptors (Lipinski definition) is 6. The van der Waals surface area contributed by atoms with Crippen molar-refractivity contribution in [3.05, 3.63) is 24.3 Å². The normalized spacial score (nSPS) is 12.1. The first kappa shape index (κ1) is 69.9. The van der Waals surface area contributed by atoms with E-state index in [0.717, 1.165) is 70.6 Å². The number of esters is 3. The van der Waals surface area contributed by atoms with Gasteiger partial charge in [-0.25, -0.2) is 0 Å². The Morgan fingerprint density at radius 3 is 0.792 bits per heavy atom. The first-order valence-corrected chi connectivity index (χ1v) is 32.3. The maximum atomic E-state index is 12.8. The van der Waals surface area contributed by atoms with E-state index in [4.69, 9.17) is 14.2 Å². The predicted octanol–water partition coefficient (Wildman–Crippen LogP) is 21.8. The molecule has 424 valence electrons. The first-order valence-electron chi connectivity index (χ1n) is 32.3. The molecule has 0 rings (SSSR count). The molecule has 0 aromatic heterocycles. The fourth-order valence-corrected chi connectivity index (χ4v) is 9.83. The summed E-state index contributed by atoms with van der Waals surface area (Å²) in [7, 11) is 0. The van der Waals surface area contributed by atoms with Gasteiger partial charge in [0.1, 0.15) is 13.2 Å². The minimum absolute atomic E-state index is 0.0696. The molecular weight excluding hydrogens is 889 g/mol. The Morgan fingerprint density at radius 2 is 0.500 bits per heavy atom. The van der Waals surface area contributed by atoms with E-state index in [1.54, 1.807) is 0 Å². The predicted molar refractivity (Wildman–Crippen MR) is 312 cm³/mol. The molecule has 0 aromatic rings. The van der Waals surface area contributed by atoms with Crippen molar-refractivity contribution in [3.8, 4) is 0 Å². The van der Waals surface area contributed by atoms with Gasteiger partial charge in [0.15, 0.2) is 6.10 Å². The smallest absolute Gasteiger partial charge is 0.306 e. The summed E-state index contributed by atoms with van der Waals surface area (Å²) in [4.78, 5) is 38.0. The quantitative estimate of drug-likeness (QED) is 0.0261. The Morgan fingerprint density at radius 1 is 0.278 bits per heavy atom. The Kier molecular flexibility index (Phi) is 59.6. The van der Waals surface area contributed by atoms with Crippen LogP contribution in [0.5, 0.6) is 0 Å². The highest BCUT2D eigenvalue weighted by atomic mass is 16.6. The van der Waals surface area contributed by atoms with Crippen LogP contribution in [-0.4, -0.2) is 37.2 Å². The van der Waals surface area contributed by atoms with E-state index in [-0.39, 0.29) is 31.1 Å². The average Bonchev–Trinajstić information content (AvgIpc) is 3.38. The number of carbonyl (C=O) groups is 3. The number of hydrogen-bond donors (Lipinski definition) is 0. The summed E-state index contributed by atoms with van der Waals surface area (Å²) in [6.07, 6.45) is 73.7. The van der Waals surface area contributed by atoms with Crippen LogP contribution in [0.4, 0.5) is 0 Å². The molecule has 0 bridgehead atoms. The second-order valence-corrected chi connectivity index (χ2v) is 22.0. The molecule has 0 heterocycles. The van der Waals surface area contributed by atoms with Crippen LogP contribution in [0.25, 0.3) is 0 Å². The molecule has 0 N–H and O–H groups in total. The number of carbonyl (C=O) groups excluding carboxylic acids is 3. The van der Waals surface area contributed by atoms with Crippen molar-refractivity contribution in [2.24, 2.45) is 0 Å². The van der Waals surface area contributed by atoms with Crippen LogP contribution in [0.2, 0.25) is 0 Å². The molecule has 0 amide bonds. The minimum Gasteiger partial charge on any atom is -0.462 e. The summed E-state index contributed by atoms with van der Waals surface area (Å²) in [6.45, 7) is 6.62. The Bertz CT molecular complexity index is 1160. The van der Waals surface area contributed by atoms with Gasteiger partial charge in [0.25, 0.3) is 0 Å². The third kappa shape index (κ3) is 58.8. The molecule has 0 aliphatic carbocycles. The second-order valence-electron chi connectivity index (χ2n) is 22.0. The van der Waals surface area contributed by atoms with Crippen LogP contribution in [0.1, 0.15) is 361 Å². The average molecular weight is 1010 g/mol. The summed E-state index contributed by atoms with van der Waals surface area (Å²) >= 11 is 0. The zero-order chi connectivity index (χ0) is 52.2. The van der Waals surface area contributed by atoms with Crippen LogP contribution in [0.3, 0.4) is 0 Å². The van der Waals surface area contributed by atoms with Gasteiger partial charge in [-0.2, -0.15) is 0 Å². The van der Waals surface area contributed by atoms with Gasteiger partial charge in [-0.15, -0.1) is 0 Å². The van der Waals surface area contributed by atoms with Crippen LogP contribution >= 0.6 is 0 Å². The fourth-order valence-electron chi connectivity index (χ4n) is 9.83. The van der Waals surface area contributed by atoms with Gasteiger partial charge in [-0.3, -0.25) is 14.4 Å². The van der Waals surface area contributed by atoms with Gasteiger partial charge in [0.2, 0.25) is 0 Å². The molecule has 0 aromatic carbocycles. The number of unbranched alkanes of at least 4 members (excludes halogenated alkanes) is 45. The van der Waals surface area contributed by atoms with E-state index in [2.05, 4.69) is 45.1 Å². The molecule has 0 radical (unpaired) electrons. The highest BCUT2D eigenvalue weighted by Gasteiger charge is 2.19. The third-order valence-corrected chi connectivity index (χ3v) is 14.7. The summed E-state index contributed by atoms with van der Waals surface area (Å²) in [5, 5.41) is 0. The molecule has 1 atom stereocenters. The summed E-state index contributed by atoms with van der Waals surface area (Å²) in [5.74, 6) is -0.863. The monoisotopic (exact) mass is 1010 g/mol. The molecule has 6 nitrogen and oxygen atoms in total. The lowest BCUT2D eigenvalue weighted by Crippen LogP contribution is -2.30. The van der Waals surface area contributed by atoms with E-state index in [0.29, 0.717) is 19.3 Å². The van der Waals surface area contributed by atoms with Crippen molar-refractivity contribution in [2.45, 2.75) is 367 Å². The fraction of sp³-hybridized carbons (Fsp3) is 0.894. The molecule has 1 unspecified atom stereocenters. The topological polar surface area (TPSA) is 78.9 Å². The van der Waals surface area contributed by atoms with Crippen molar-refractivity contribution in [2.75, 3.05) is 13.2 Å². The zero-order valence-electron chi connectivity index (χ0n) is 48.7. The molecule has 0 aliphatic heterocycles. The third-order valence-electron chi connectivity index (χ3n) is 14.7. The van der Waals surface area contributed by atoms with Crippen LogP contribution in [0, 0.1) is 0 Å². The van der Waals surface area contributed by atoms with Crippen molar-refractivity contribution in [1.29, 1.82) is 0 Å². The lowest BCUT2D eigenvalue weighted by molar-refractivity contribution is -0.167. The van der Waals surface area contributed by atoms with Crippen molar-refractivity contribution in [3.63, 3.8) is 0 Å². The van der Waals surface area contributed by atoms with Gasteiger partial charge in [-0.1, -0.05) is 315 Å².